The van der Waals surface area contributed by atoms with Gasteiger partial charge in [0.1, 0.15) is 12.4 Å². The number of nitriles is 1. The molecule has 5 nitrogen and oxygen atoms in total. The van der Waals surface area contributed by atoms with Crippen molar-refractivity contribution in [2.45, 2.75) is 26.3 Å². The fourth-order valence-electron chi connectivity index (χ4n) is 3.79. The molecule has 1 aromatic rings. The molecule has 2 heterocycles. The zero-order valence-electron chi connectivity index (χ0n) is 16.1. The minimum atomic E-state index is 0.256. The van der Waals surface area contributed by atoms with Gasteiger partial charge in [0.2, 0.25) is 0 Å². The molecule has 26 heavy (non-hydrogen) atoms. The van der Waals surface area contributed by atoms with Gasteiger partial charge < -0.3 is 9.64 Å². The number of benzene rings is 1. The van der Waals surface area contributed by atoms with E-state index in [4.69, 9.17) is 10.00 Å². The molecule has 0 bridgehead atoms. The Morgan fingerprint density at radius 2 is 1.62 bits per heavy atom. The predicted octanol–water partition coefficient (Wildman–Crippen LogP) is 2.44. The summed E-state index contributed by atoms with van der Waals surface area (Å²) >= 11 is 0. The molecule has 0 aromatic heterocycles. The predicted molar refractivity (Wildman–Crippen MR) is 104 cm³/mol. The summed E-state index contributed by atoms with van der Waals surface area (Å²) in [6.45, 7) is 12.8. The lowest BCUT2D eigenvalue weighted by Gasteiger charge is -2.33. The van der Waals surface area contributed by atoms with E-state index in [1.165, 1.54) is 18.7 Å². The summed E-state index contributed by atoms with van der Waals surface area (Å²) in [6, 6.07) is 10.9. The SMILES string of the molecule is CCN1CCN(CCOc2ccc(CN3CCC(C#N)CC3)cc2)CC1. The van der Waals surface area contributed by atoms with E-state index >= 15 is 0 Å². The van der Waals surface area contributed by atoms with Crippen molar-refractivity contribution < 1.29 is 4.74 Å². The van der Waals surface area contributed by atoms with Crippen LogP contribution in [0.5, 0.6) is 5.75 Å². The first-order valence-corrected chi connectivity index (χ1v) is 10.0. The van der Waals surface area contributed by atoms with Crippen LogP contribution in [0, 0.1) is 17.2 Å². The maximum absolute atomic E-state index is 8.99. The molecule has 0 spiro atoms. The van der Waals surface area contributed by atoms with Crippen LogP contribution in [0.15, 0.2) is 24.3 Å². The van der Waals surface area contributed by atoms with Crippen molar-refractivity contribution in [3.63, 3.8) is 0 Å². The molecule has 1 aromatic carbocycles. The van der Waals surface area contributed by atoms with Crippen molar-refractivity contribution in [2.75, 3.05) is 59.0 Å². The first kappa shape index (κ1) is 19.2. The molecular formula is C21H32N4O. The van der Waals surface area contributed by atoms with Crippen molar-refractivity contribution in [1.29, 1.82) is 5.26 Å². The molecule has 142 valence electrons. The van der Waals surface area contributed by atoms with Crippen molar-refractivity contribution in [3.8, 4) is 11.8 Å². The Kier molecular flexibility index (Phi) is 7.31. The van der Waals surface area contributed by atoms with Gasteiger partial charge in [-0.2, -0.15) is 5.26 Å². The maximum atomic E-state index is 8.99. The van der Waals surface area contributed by atoms with Gasteiger partial charge in [-0.25, -0.2) is 0 Å². The molecular weight excluding hydrogens is 324 g/mol. The van der Waals surface area contributed by atoms with Gasteiger partial charge in [0.25, 0.3) is 0 Å². The normalized spacial score (nSPS) is 20.8. The third-order valence-corrected chi connectivity index (χ3v) is 5.69. The Hall–Kier alpha value is -1.61. The van der Waals surface area contributed by atoms with E-state index in [1.54, 1.807) is 0 Å². The van der Waals surface area contributed by atoms with Crippen molar-refractivity contribution >= 4 is 0 Å². The highest BCUT2D eigenvalue weighted by Gasteiger charge is 2.18. The van der Waals surface area contributed by atoms with E-state index in [0.717, 1.165) is 71.0 Å². The van der Waals surface area contributed by atoms with E-state index in [2.05, 4.69) is 52.0 Å². The molecule has 2 aliphatic rings. The van der Waals surface area contributed by atoms with Gasteiger partial charge in [-0.15, -0.1) is 0 Å². The minimum absolute atomic E-state index is 0.256. The zero-order chi connectivity index (χ0) is 18.2. The summed E-state index contributed by atoms with van der Waals surface area (Å²) in [7, 11) is 0. The van der Waals surface area contributed by atoms with Gasteiger partial charge in [-0.05, 0) is 50.2 Å². The van der Waals surface area contributed by atoms with Gasteiger partial charge in [-0.1, -0.05) is 19.1 Å². The van der Waals surface area contributed by atoms with Crippen molar-refractivity contribution in [3.05, 3.63) is 29.8 Å². The van der Waals surface area contributed by atoms with Crippen LogP contribution in [-0.2, 0) is 6.54 Å². The highest BCUT2D eigenvalue weighted by Crippen LogP contribution is 2.19. The average molecular weight is 357 g/mol. The quantitative estimate of drug-likeness (QED) is 0.751. The number of piperazine rings is 1. The monoisotopic (exact) mass is 356 g/mol. The summed E-state index contributed by atoms with van der Waals surface area (Å²) in [6.07, 6.45) is 2.01. The fourth-order valence-corrected chi connectivity index (χ4v) is 3.79. The summed E-state index contributed by atoms with van der Waals surface area (Å²) in [5, 5.41) is 8.99. The van der Waals surface area contributed by atoms with Crippen LogP contribution in [0.3, 0.4) is 0 Å². The number of ether oxygens (including phenoxy) is 1. The Labute approximate surface area is 158 Å². The maximum Gasteiger partial charge on any atom is 0.119 e. The van der Waals surface area contributed by atoms with Crippen LogP contribution < -0.4 is 4.74 Å². The summed E-state index contributed by atoms with van der Waals surface area (Å²) in [5.41, 5.74) is 1.32. The molecule has 5 heteroatoms. The molecule has 0 atom stereocenters. The van der Waals surface area contributed by atoms with Gasteiger partial charge in [0.15, 0.2) is 0 Å². The van der Waals surface area contributed by atoms with E-state index in [1.807, 2.05) is 0 Å². The Morgan fingerprint density at radius 1 is 0.962 bits per heavy atom. The van der Waals surface area contributed by atoms with E-state index < -0.39 is 0 Å². The largest absolute Gasteiger partial charge is 0.492 e. The minimum Gasteiger partial charge on any atom is -0.492 e. The van der Waals surface area contributed by atoms with Crippen molar-refractivity contribution in [1.82, 2.24) is 14.7 Å². The summed E-state index contributed by atoms with van der Waals surface area (Å²) in [4.78, 5) is 7.43. The standard InChI is InChI=1S/C21H32N4O/c1-2-23-11-13-24(14-12-23)15-16-26-21-5-3-20(4-6-21)18-25-9-7-19(17-22)8-10-25/h3-6,19H,2,7-16,18H2,1H3. The molecule has 3 rings (SSSR count). The number of likely N-dealkylation sites (tertiary alicyclic amines) is 1. The molecule has 2 saturated heterocycles. The lowest BCUT2D eigenvalue weighted by Crippen LogP contribution is -2.47. The fraction of sp³-hybridized carbons (Fsp3) is 0.667. The van der Waals surface area contributed by atoms with Crippen LogP contribution in [-0.4, -0.2) is 73.7 Å². The Balaban J connectivity index is 1.35. The average Bonchev–Trinajstić information content (AvgIpc) is 2.70. The van der Waals surface area contributed by atoms with Gasteiger partial charge in [-0.3, -0.25) is 9.80 Å². The Bertz CT molecular complexity index is 567. The molecule has 0 radical (unpaired) electrons. The van der Waals surface area contributed by atoms with Crippen LogP contribution in [0.25, 0.3) is 0 Å². The molecule has 0 unspecified atom stereocenters. The summed E-state index contributed by atoms with van der Waals surface area (Å²) in [5.74, 6) is 1.22. The first-order valence-electron chi connectivity index (χ1n) is 10.0. The highest BCUT2D eigenvalue weighted by molar-refractivity contribution is 5.27. The number of hydrogen-bond donors (Lipinski definition) is 0. The molecule has 0 aliphatic carbocycles. The van der Waals surface area contributed by atoms with Gasteiger partial charge in [0, 0.05) is 45.2 Å². The molecule has 0 N–H and O–H groups in total. The van der Waals surface area contributed by atoms with E-state index in [-0.39, 0.29) is 5.92 Å². The van der Waals surface area contributed by atoms with Crippen molar-refractivity contribution in [2.24, 2.45) is 5.92 Å². The van der Waals surface area contributed by atoms with Crippen LogP contribution in [0.4, 0.5) is 0 Å². The highest BCUT2D eigenvalue weighted by atomic mass is 16.5. The second kappa shape index (κ2) is 9.91. The van der Waals surface area contributed by atoms with Crippen LogP contribution in [0.2, 0.25) is 0 Å². The number of rotatable bonds is 7. The molecule has 0 amide bonds. The van der Waals surface area contributed by atoms with Crippen LogP contribution in [0.1, 0.15) is 25.3 Å². The summed E-state index contributed by atoms with van der Waals surface area (Å²) < 4.78 is 5.93. The van der Waals surface area contributed by atoms with Gasteiger partial charge in [0.05, 0.1) is 6.07 Å². The number of likely N-dealkylation sites (N-methyl/N-ethyl adjacent to an activating group) is 1. The second-order valence-corrected chi connectivity index (χ2v) is 7.45. The topological polar surface area (TPSA) is 42.7 Å². The lowest BCUT2D eigenvalue weighted by molar-refractivity contribution is 0.121. The third kappa shape index (κ3) is 5.70. The van der Waals surface area contributed by atoms with E-state index in [0.29, 0.717) is 0 Å². The second-order valence-electron chi connectivity index (χ2n) is 7.45. The number of piperidine rings is 1. The third-order valence-electron chi connectivity index (χ3n) is 5.69. The Morgan fingerprint density at radius 3 is 2.23 bits per heavy atom. The smallest absolute Gasteiger partial charge is 0.119 e. The first-order chi connectivity index (χ1) is 12.8. The molecule has 2 aliphatic heterocycles. The lowest BCUT2D eigenvalue weighted by atomic mass is 9.98. The van der Waals surface area contributed by atoms with Gasteiger partial charge >= 0.3 is 0 Å². The van der Waals surface area contributed by atoms with E-state index in [9.17, 15) is 0 Å². The molecule has 0 saturated carbocycles. The zero-order valence-corrected chi connectivity index (χ0v) is 16.1. The number of hydrogen-bond acceptors (Lipinski definition) is 5. The van der Waals surface area contributed by atoms with Crippen LogP contribution >= 0.6 is 0 Å². The number of nitrogens with zero attached hydrogens (tertiary/aromatic N) is 4. The molecule has 2 fully saturated rings.